The molecule has 0 unspecified atom stereocenters. The van der Waals surface area contributed by atoms with E-state index in [9.17, 15) is 14.7 Å². The number of unbranched alkanes of at least 4 members (excludes halogenated alkanes) is 1. The molecule has 5 aromatic carbocycles. The average molecular weight is 678 g/mol. The quantitative estimate of drug-likeness (QED) is 0.103. The first-order valence-corrected chi connectivity index (χ1v) is 17.4. The molecule has 1 aliphatic heterocycles. The topological polar surface area (TPSA) is 111 Å². The van der Waals surface area contributed by atoms with E-state index < -0.39 is 0 Å². The number of allylic oxidation sites excluding steroid dienone is 1. The van der Waals surface area contributed by atoms with E-state index >= 15 is 0 Å². The van der Waals surface area contributed by atoms with E-state index in [0.29, 0.717) is 43.0 Å². The Bertz CT molecular complexity index is 1970. The molecule has 0 atom stereocenters. The van der Waals surface area contributed by atoms with Crippen LogP contribution in [-0.4, -0.2) is 47.4 Å². The molecule has 1 heterocycles. The third-order valence-electron chi connectivity index (χ3n) is 8.83. The molecule has 6 rings (SSSR count). The Morgan fingerprint density at radius 3 is 2.20 bits per heavy atom. The first kappa shape index (κ1) is 34.9. The SMILES string of the molecule is NCCCCN1N=C(/C=C/c2ccc(O)cc2)c2ccc(C(=O)NCCCc3ccccc3)cc2N(Cc2ccc(-c3ccccc3)cc2)C1=O. The summed E-state index contributed by atoms with van der Waals surface area (Å²) < 4.78 is 0. The summed E-state index contributed by atoms with van der Waals surface area (Å²) in [5, 5.41) is 19.2. The van der Waals surface area contributed by atoms with Crippen molar-refractivity contribution in [2.45, 2.75) is 32.2 Å². The number of phenols is 1. The number of anilines is 1. The number of hydrogen-bond acceptors (Lipinski definition) is 5. The number of fused-ring (bicyclic) bond motifs is 1. The van der Waals surface area contributed by atoms with Crippen molar-refractivity contribution < 1.29 is 14.7 Å². The van der Waals surface area contributed by atoms with Gasteiger partial charge in [0.2, 0.25) is 0 Å². The zero-order valence-electron chi connectivity index (χ0n) is 28.6. The van der Waals surface area contributed by atoms with E-state index in [1.807, 2.05) is 78.9 Å². The lowest BCUT2D eigenvalue weighted by Gasteiger charge is -2.27. The summed E-state index contributed by atoms with van der Waals surface area (Å²) >= 11 is 0. The van der Waals surface area contributed by atoms with Gasteiger partial charge in [0.25, 0.3) is 5.91 Å². The second kappa shape index (κ2) is 17.1. The molecule has 8 nitrogen and oxygen atoms in total. The van der Waals surface area contributed by atoms with Crippen molar-refractivity contribution in [3.8, 4) is 16.9 Å². The van der Waals surface area contributed by atoms with Crippen LogP contribution >= 0.6 is 0 Å². The van der Waals surface area contributed by atoms with Crippen molar-refractivity contribution >= 4 is 29.4 Å². The fourth-order valence-corrected chi connectivity index (χ4v) is 6.03. The van der Waals surface area contributed by atoms with Crippen LogP contribution in [-0.2, 0) is 13.0 Å². The van der Waals surface area contributed by atoms with Gasteiger partial charge in [-0.25, -0.2) is 9.80 Å². The second-order valence-electron chi connectivity index (χ2n) is 12.5. The Hall–Kier alpha value is -5.99. The van der Waals surface area contributed by atoms with Crippen LogP contribution in [0.2, 0.25) is 0 Å². The lowest BCUT2D eigenvalue weighted by atomic mass is 10.0. The average Bonchev–Trinajstić information content (AvgIpc) is 3.27. The molecular weight excluding hydrogens is 635 g/mol. The highest BCUT2D eigenvalue weighted by atomic mass is 16.3. The normalized spacial score (nSPS) is 12.8. The summed E-state index contributed by atoms with van der Waals surface area (Å²) in [6.45, 7) is 1.71. The Labute approximate surface area is 299 Å². The van der Waals surface area contributed by atoms with Gasteiger partial charge in [-0.3, -0.25) is 9.69 Å². The number of phenolic OH excluding ortho intramolecular Hbond substituents is 1. The van der Waals surface area contributed by atoms with E-state index in [4.69, 9.17) is 10.8 Å². The molecule has 258 valence electrons. The highest BCUT2D eigenvalue weighted by Crippen LogP contribution is 2.31. The second-order valence-corrected chi connectivity index (χ2v) is 12.5. The van der Waals surface area contributed by atoms with E-state index in [-0.39, 0.29) is 24.2 Å². The molecule has 4 N–H and O–H groups in total. The number of amides is 3. The van der Waals surface area contributed by atoms with Crippen molar-refractivity contribution in [3.63, 3.8) is 0 Å². The number of aryl methyl sites for hydroxylation is 1. The third kappa shape index (κ3) is 9.17. The highest BCUT2D eigenvalue weighted by Gasteiger charge is 2.30. The van der Waals surface area contributed by atoms with Crippen LogP contribution in [0, 0.1) is 0 Å². The van der Waals surface area contributed by atoms with Crippen LogP contribution in [0.25, 0.3) is 17.2 Å². The van der Waals surface area contributed by atoms with Crippen molar-refractivity contribution in [1.82, 2.24) is 10.3 Å². The molecule has 5 aromatic rings. The van der Waals surface area contributed by atoms with Gasteiger partial charge >= 0.3 is 6.03 Å². The Balaban J connectivity index is 1.33. The first-order valence-electron chi connectivity index (χ1n) is 17.4. The summed E-state index contributed by atoms with van der Waals surface area (Å²) in [5.41, 5.74) is 13.4. The monoisotopic (exact) mass is 677 g/mol. The number of carbonyl (C=O) groups is 2. The fourth-order valence-electron chi connectivity index (χ4n) is 6.03. The molecular formula is C43H43N5O3. The summed E-state index contributed by atoms with van der Waals surface area (Å²) in [7, 11) is 0. The van der Waals surface area contributed by atoms with Crippen LogP contribution in [0.4, 0.5) is 10.5 Å². The third-order valence-corrected chi connectivity index (χ3v) is 8.83. The maximum atomic E-state index is 14.4. The van der Waals surface area contributed by atoms with Gasteiger partial charge < -0.3 is 16.2 Å². The van der Waals surface area contributed by atoms with Gasteiger partial charge in [-0.1, -0.05) is 103 Å². The van der Waals surface area contributed by atoms with Crippen molar-refractivity contribution in [1.29, 1.82) is 0 Å². The minimum atomic E-state index is -0.283. The lowest BCUT2D eigenvalue weighted by molar-refractivity contribution is 0.0953. The lowest BCUT2D eigenvalue weighted by Crippen LogP contribution is -2.40. The number of aromatic hydroxyl groups is 1. The number of hydrogen-bond donors (Lipinski definition) is 3. The van der Waals surface area contributed by atoms with E-state index in [1.165, 1.54) is 10.6 Å². The maximum absolute atomic E-state index is 14.4. The molecule has 0 bridgehead atoms. The zero-order valence-corrected chi connectivity index (χ0v) is 28.6. The van der Waals surface area contributed by atoms with E-state index in [2.05, 4.69) is 41.7 Å². The predicted octanol–water partition coefficient (Wildman–Crippen LogP) is 8.02. The van der Waals surface area contributed by atoms with Crippen LogP contribution in [0.3, 0.4) is 0 Å². The molecule has 0 saturated carbocycles. The molecule has 0 fully saturated rings. The zero-order chi connectivity index (χ0) is 35.4. The molecule has 8 heteroatoms. The molecule has 0 spiro atoms. The van der Waals surface area contributed by atoms with E-state index in [0.717, 1.165) is 47.1 Å². The molecule has 0 aromatic heterocycles. The molecule has 0 saturated heterocycles. The van der Waals surface area contributed by atoms with Gasteiger partial charge in [-0.15, -0.1) is 0 Å². The van der Waals surface area contributed by atoms with Crippen molar-refractivity contribution in [2.24, 2.45) is 10.8 Å². The van der Waals surface area contributed by atoms with Crippen molar-refractivity contribution in [2.75, 3.05) is 24.5 Å². The van der Waals surface area contributed by atoms with Crippen LogP contribution in [0.1, 0.15) is 51.9 Å². The standard InChI is InChI=1S/C43H43N5O3/c44-27-7-8-29-48-43(51)47(31-34-15-20-36(21-16-34)35-13-5-2-6-14-35)41-30-37(42(50)45-28-9-12-32-10-3-1-4-11-32)22-25-39(41)40(46-48)26-19-33-17-23-38(49)24-18-33/h1-6,10-11,13-26,30,49H,7-9,12,27-29,31,44H2,(H,45,50)/b26-19+. The number of nitrogens with two attached hydrogens (primary N) is 1. The number of nitrogens with zero attached hydrogens (tertiary/aromatic N) is 3. The van der Waals surface area contributed by atoms with Gasteiger partial charge in [0.1, 0.15) is 5.75 Å². The summed E-state index contributed by atoms with van der Waals surface area (Å²) in [5.74, 6) is -0.0214. The molecule has 0 aliphatic carbocycles. The fraction of sp³-hybridized carbons (Fsp3) is 0.186. The van der Waals surface area contributed by atoms with Gasteiger partial charge in [0, 0.05) is 24.2 Å². The minimum Gasteiger partial charge on any atom is -0.508 e. The smallest absolute Gasteiger partial charge is 0.345 e. The van der Waals surface area contributed by atoms with Gasteiger partial charge in [-0.05, 0) is 96.5 Å². The Kier molecular flexibility index (Phi) is 11.7. The highest BCUT2D eigenvalue weighted by molar-refractivity contribution is 6.17. The molecule has 1 aliphatic rings. The summed E-state index contributed by atoms with van der Waals surface area (Å²) in [6, 6.07) is 40.6. The summed E-state index contributed by atoms with van der Waals surface area (Å²) in [4.78, 5) is 29.7. The minimum absolute atomic E-state index is 0.180. The number of hydrazone groups is 1. The molecule has 0 radical (unpaired) electrons. The largest absolute Gasteiger partial charge is 0.508 e. The summed E-state index contributed by atoms with van der Waals surface area (Å²) in [6.07, 6.45) is 6.88. The van der Waals surface area contributed by atoms with Crippen LogP contribution < -0.4 is 16.0 Å². The maximum Gasteiger partial charge on any atom is 0.345 e. The number of carbonyl (C=O) groups excluding carboxylic acids is 2. The van der Waals surface area contributed by atoms with E-state index in [1.54, 1.807) is 29.2 Å². The molecule has 3 amide bonds. The Morgan fingerprint density at radius 1 is 0.765 bits per heavy atom. The Morgan fingerprint density at radius 2 is 1.47 bits per heavy atom. The number of urea groups is 1. The number of rotatable bonds is 14. The number of benzene rings is 5. The molecule has 51 heavy (non-hydrogen) atoms. The van der Waals surface area contributed by atoms with Crippen molar-refractivity contribution in [3.05, 3.63) is 161 Å². The van der Waals surface area contributed by atoms with Gasteiger partial charge in [-0.2, -0.15) is 5.10 Å². The first-order chi connectivity index (χ1) is 25.0. The predicted molar refractivity (Wildman–Crippen MR) is 206 cm³/mol. The number of nitrogens with one attached hydrogen (secondary N) is 1. The van der Waals surface area contributed by atoms with Crippen LogP contribution in [0.15, 0.2) is 139 Å². The van der Waals surface area contributed by atoms with Crippen LogP contribution in [0.5, 0.6) is 5.75 Å². The van der Waals surface area contributed by atoms with Gasteiger partial charge in [0.05, 0.1) is 17.9 Å². The van der Waals surface area contributed by atoms with Gasteiger partial charge in [0.15, 0.2) is 0 Å².